The molecule has 0 atom stereocenters. The van der Waals surface area contributed by atoms with E-state index >= 15 is 0 Å². The van der Waals surface area contributed by atoms with E-state index < -0.39 is 21.8 Å². The number of aromatic nitrogens is 2. The molecule has 3 aromatic rings. The normalized spacial score (nSPS) is 16.6. The van der Waals surface area contributed by atoms with Gasteiger partial charge in [0.1, 0.15) is 5.65 Å². The second-order valence-electron chi connectivity index (χ2n) is 9.58. The van der Waals surface area contributed by atoms with Crippen molar-refractivity contribution in [3.05, 3.63) is 64.3 Å². The number of nitrogens with one attached hydrogen (secondary N) is 1. The van der Waals surface area contributed by atoms with Crippen LogP contribution in [-0.4, -0.2) is 47.6 Å². The van der Waals surface area contributed by atoms with Crippen molar-refractivity contribution in [1.82, 2.24) is 19.0 Å². The lowest BCUT2D eigenvalue weighted by molar-refractivity contribution is -0.137. The molecule has 13 heteroatoms. The van der Waals surface area contributed by atoms with Crippen LogP contribution in [0.2, 0.25) is 0 Å². The summed E-state index contributed by atoms with van der Waals surface area (Å²) in [7, 11) is -3.84. The molecule has 0 saturated carbocycles. The number of hydrogen-bond acceptors (Lipinski definition) is 5. The summed E-state index contributed by atoms with van der Waals surface area (Å²) in [6.07, 6.45) is 2.06. The van der Waals surface area contributed by atoms with Gasteiger partial charge in [0.2, 0.25) is 10.0 Å². The van der Waals surface area contributed by atoms with Crippen LogP contribution in [0.15, 0.2) is 57.4 Å². The fourth-order valence-corrected chi connectivity index (χ4v) is 7.40. The smallest absolute Gasteiger partial charge is 0.352 e. The third-order valence-corrected chi connectivity index (χ3v) is 10.2. The van der Waals surface area contributed by atoms with Crippen LogP contribution in [0.25, 0.3) is 11.7 Å². The number of sulfonamides is 1. The van der Waals surface area contributed by atoms with Crippen molar-refractivity contribution < 1.29 is 26.4 Å². The minimum Gasteiger partial charge on any atom is -0.352 e. The molecule has 0 aliphatic carbocycles. The van der Waals surface area contributed by atoms with E-state index in [-0.39, 0.29) is 23.2 Å². The van der Waals surface area contributed by atoms with Crippen LogP contribution in [0.3, 0.4) is 0 Å². The number of carbonyl (C=O) groups is 1. The number of rotatable bonds is 7. The quantitative estimate of drug-likeness (QED) is 0.361. The second-order valence-corrected chi connectivity index (χ2v) is 12.5. The minimum atomic E-state index is -4.51. The molecule has 210 valence electrons. The monoisotopic (exact) mass is 600 g/mol. The van der Waals surface area contributed by atoms with E-state index in [0.717, 1.165) is 59.0 Å². The highest BCUT2D eigenvalue weighted by molar-refractivity contribution is 8.04. The van der Waals surface area contributed by atoms with Gasteiger partial charge < -0.3 is 5.32 Å². The van der Waals surface area contributed by atoms with Gasteiger partial charge in [0.25, 0.3) is 5.91 Å². The number of alkyl halides is 3. The Labute approximate surface area is 235 Å². The lowest BCUT2D eigenvalue weighted by Gasteiger charge is -2.31. The molecule has 1 N–H and O–H groups in total. The van der Waals surface area contributed by atoms with Crippen molar-refractivity contribution in [2.75, 3.05) is 19.6 Å². The van der Waals surface area contributed by atoms with E-state index in [0.29, 0.717) is 43.3 Å². The number of halogens is 4. The fourth-order valence-electron chi connectivity index (χ4n) is 4.86. The first kappa shape index (κ1) is 29.4. The highest BCUT2D eigenvalue weighted by Gasteiger charge is 2.33. The average molecular weight is 601 g/mol. The maximum Gasteiger partial charge on any atom is 0.416 e. The van der Waals surface area contributed by atoms with E-state index in [1.165, 1.54) is 16.1 Å². The third-order valence-electron chi connectivity index (χ3n) is 7.02. The molecule has 1 saturated heterocycles. The van der Waals surface area contributed by atoms with Crippen molar-refractivity contribution in [3.63, 3.8) is 0 Å². The summed E-state index contributed by atoms with van der Waals surface area (Å²) < 4.78 is 67.5. The van der Waals surface area contributed by atoms with Gasteiger partial charge in [-0.2, -0.15) is 17.5 Å². The third kappa shape index (κ3) is 6.13. The van der Waals surface area contributed by atoms with E-state index in [1.54, 1.807) is 6.20 Å². The second kappa shape index (κ2) is 11.5. The molecule has 0 unspecified atom stereocenters. The number of thioether (sulfide) groups is 1. The van der Waals surface area contributed by atoms with Gasteiger partial charge in [0.05, 0.1) is 32.3 Å². The molecule has 2 aromatic heterocycles. The average Bonchev–Trinajstić information content (AvgIpc) is 3.32. The number of nitrogens with zero attached hydrogens (tertiary/aromatic N) is 3. The summed E-state index contributed by atoms with van der Waals surface area (Å²) in [4.78, 5) is 17.7. The van der Waals surface area contributed by atoms with Crippen LogP contribution in [0, 0.1) is 12.8 Å². The van der Waals surface area contributed by atoms with Crippen LogP contribution in [-0.2, 0) is 21.0 Å². The zero-order valence-electron chi connectivity index (χ0n) is 21.1. The Balaban J connectivity index is 0.00000353. The van der Waals surface area contributed by atoms with Crippen molar-refractivity contribution >= 4 is 51.8 Å². The Morgan fingerprint density at radius 1 is 1.13 bits per heavy atom. The number of pyridine rings is 1. The van der Waals surface area contributed by atoms with E-state index in [4.69, 9.17) is 0 Å². The topological polar surface area (TPSA) is 83.8 Å². The first-order valence-corrected chi connectivity index (χ1v) is 14.6. The number of benzene rings is 1. The molecule has 1 amide bonds. The lowest BCUT2D eigenvalue weighted by Crippen LogP contribution is -2.38. The number of piperidine rings is 1. The van der Waals surface area contributed by atoms with Crippen molar-refractivity contribution in [2.24, 2.45) is 5.92 Å². The zero-order chi connectivity index (χ0) is 27.1. The van der Waals surface area contributed by atoms with Crippen LogP contribution >= 0.6 is 24.2 Å². The predicted octanol–water partition coefficient (Wildman–Crippen LogP) is 5.53. The van der Waals surface area contributed by atoms with Crippen LogP contribution < -0.4 is 5.32 Å². The Hall–Kier alpha value is -2.54. The molecule has 2 aliphatic heterocycles. The van der Waals surface area contributed by atoms with E-state index in [1.807, 2.05) is 29.5 Å². The Bertz CT molecular complexity index is 1500. The minimum absolute atomic E-state index is 0. The molecule has 2 aliphatic rings. The highest BCUT2D eigenvalue weighted by Crippen LogP contribution is 2.36. The SMILES string of the molecule is Cc1ccc2ncc3n2c1SC(C(=O)NCCCC1CCN(S(=O)(=O)c2ccc(C(F)(F)F)cc2)CC1)=C3.Cl. The molecule has 39 heavy (non-hydrogen) atoms. The maximum atomic E-state index is 12.9. The molecule has 5 rings (SSSR count). The van der Waals surface area contributed by atoms with Crippen molar-refractivity contribution in [2.45, 2.75) is 48.7 Å². The van der Waals surface area contributed by atoms with Gasteiger partial charge in [0, 0.05) is 19.6 Å². The Kier molecular flexibility index (Phi) is 8.70. The highest BCUT2D eigenvalue weighted by atomic mass is 35.5. The Morgan fingerprint density at radius 2 is 1.82 bits per heavy atom. The summed E-state index contributed by atoms with van der Waals surface area (Å²) in [6.45, 7) is 3.17. The standard InChI is InChI=1S/C26H27F3N4O3S2.ClH/c1-17-4-9-23-31-16-20-15-22(37-25(17)33(20)23)24(34)30-12-2-3-18-10-13-32(14-11-18)38(35,36)21-7-5-19(6-8-21)26(27,28)29;/h4-9,15-16,18H,2-3,10-14H2,1H3,(H,30,34);1H. The van der Waals surface area contributed by atoms with Crippen molar-refractivity contribution in [3.8, 4) is 0 Å². The van der Waals surface area contributed by atoms with Gasteiger partial charge in [-0.1, -0.05) is 17.8 Å². The van der Waals surface area contributed by atoms with E-state index in [2.05, 4.69) is 10.3 Å². The van der Waals surface area contributed by atoms with Gasteiger partial charge >= 0.3 is 6.18 Å². The predicted molar refractivity (Wildman–Crippen MR) is 146 cm³/mol. The summed E-state index contributed by atoms with van der Waals surface area (Å²) in [5.74, 6) is 0.195. The first-order chi connectivity index (χ1) is 18.0. The van der Waals surface area contributed by atoms with Crippen LogP contribution in [0.4, 0.5) is 13.2 Å². The molecule has 0 radical (unpaired) electrons. The summed E-state index contributed by atoms with van der Waals surface area (Å²) in [6, 6.07) is 7.58. The number of hydrogen-bond donors (Lipinski definition) is 1. The fraction of sp³-hybridized carbons (Fsp3) is 0.385. The van der Waals surface area contributed by atoms with Gasteiger partial charge in [-0.25, -0.2) is 13.4 Å². The molecule has 0 spiro atoms. The first-order valence-electron chi connectivity index (χ1n) is 12.4. The van der Waals surface area contributed by atoms with Crippen LogP contribution in [0.5, 0.6) is 0 Å². The Morgan fingerprint density at radius 3 is 2.49 bits per heavy atom. The maximum absolute atomic E-state index is 12.9. The molecule has 1 fully saturated rings. The number of imidazole rings is 1. The molecular weight excluding hydrogens is 573 g/mol. The lowest BCUT2D eigenvalue weighted by atomic mass is 9.93. The molecule has 1 aromatic carbocycles. The molecule has 7 nitrogen and oxygen atoms in total. The number of aryl methyl sites for hydroxylation is 1. The number of carbonyl (C=O) groups excluding carboxylic acids is 1. The van der Waals surface area contributed by atoms with Gasteiger partial charge in [-0.15, -0.1) is 12.4 Å². The van der Waals surface area contributed by atoms with E-state index in [9.17, 15) is 26.4 Å². The zero-order valence-corrected chi connectivity index (χ0v) is 23.5. The summed E-state index contributed by atoms with van der Waals surface area (Å²) in [5.41, 5.74) is 1.93. The summed E-state index contributed by atoms with van der Waals surface area (Å²) in [5, 5.41) is 3.98. The molecule has 4 heterocycles. The molecule has 0 bridgehead atoms. The molecular formula is C26H28ClF3N4O3S2. The van der Waals surface area contributed by atoms with Gasteiger partial charge in [0.15, 0.2) is 0 Å². The summed E-state index contributed by atoms with van der Waals surface area (Å²) >= 11 is 1.43. The van der Waals surface area contributed by atoms with Crippen LogP contribution in [0.1, 0.15) is 42.5 Å². The van der Waals surface area contributed by atoms with Gasteiger partial charge in [-0.3, -0.25) is 9.20 Å². The van der Waals surface area contributed by atoms with Gasteiger partial charge in [-0.05, 0) is 80.5 Å². The van der Waals surface area contributed by atoms with Crippen molar-refractivity contribution in [1.29, 1.82) is 0 Å². The largest absolute Gasteiger partial charge is 0.416 e. The number of amides is 1.